The number of ether oxygens (including phenoxy) is 4. The van der Waals surface area contributed by atoms with E-state index in [1.54, 1.807) is 24.3 Å². The van der Waals surface area contributed by atoms with Crippen LogP contribution in [-0.4, -0.2) is 48.2 Å². The molecule has 2 rings (SSSR count). The molecule has 0 aliphatic rings. The van der Waals surface area contributed by atoms with E-state index in [0.29, 0.717) is 28.6 Å². The van der Waals surface area contributed by atoms with Crippen molar-refractivity contribution in [3.8, 4) is 23.0 Å². The summed E-state index contributed by atoms with van der Waals surface area (Å²) in [6.45, 7) is 0.144. The molecule has 0 bridgehead atoms. The van der Waals surface area contributed by atoms with Crippen molar-refractivity contribution in [3.63, 3.8) is 0 Å². The van der Waals surface area contributed by atoms with Gasteiger partial charge < -0.3 is 18.9 Å². The molecular weight excluding hydrogens is 358 g/mol. The molecule has 0 saturated carbocycles. The Morgan fingerprint density at radius 3 is 1.81 bits per heavy atom. The van der Waals surface area contributed by atoms with E-state index in [-0.39, 0.29) is 11.4 Å². The number of nitrogens with zero attached hydrogens (tertiary/aromatic N) is 1. The molecule has 26 heavy (non-hydrogen) atoms. The number of hydrogen-bond donors (Lipinski definition) is 0. The standard InChI is InChI=1S/C18H23NO6S/c1-19(26(20,21)15-8-6-14(22-2)7-9-15)12-13-10-16(23-3)18(25-5)17(11-13)24-4/h6-11H,12H2,1-5H3. The van der Waals surface area contributed by atoms with E-state index in [1.807, 2.05) is 0 Å². The van der Waals surface area contributed by atoms with Crippen molar-refractivity contribution in [3.05, 3.63) is 42.0 Å². The molecule has 0 aromatic heterocycles. The Hall–Kier alpha value is -2.45. The van der Waals surface area contributed by atoms with E-state index in [0.717, 1.165) is 0 Å². The van der Waals surface area contributed by atoms with E-state index >= 15 is 0 Å². The van der Waals surface area contributed by atoms with Crippen molar-refractivity contribution in [1.82, 2.24) is 4.31 Å². The maximum atomic E-state index is 12.8. The SMILES string of the molecule is COc1ccc(S(=O)(=O)N(C)Cc2cc(OC)c(OC)c(OC)c2)cc1. The zero-order valence-corrected chi connectivity index (χ0v) is 16.3. The van der Waals surface area contributed by atoms with E-state index in [1.165, 1.54) is 51.9 Å². The van der Waals surface area contributed by atoms with Crippen LogP contribution in [-0.2, 0) is 16.6 Å². The van der Waals surface area contributed by atoms with Crippen molar-refractivity contribution >= 4 is 10.0 Å². The number of sulfonamides is 1. The predicted molar refractivity (Wildman–Crippen MR) is 97.7 cm³/mol. The van der Waals surface area contributed by atoms with Gasteiger partial charge in [0, 0.05) is 13.6 Å². The molecule has 142 valence electrons. The van der Waals surface area contributed by atoms with Crippen molar-refractivity contribution in [2.45, 2.75) is 11.4 Å². The fourth-order valence-corrected chi connectivity index (χ4v) is 3.66. The van der Waals surface area contributed by atoms with Gasteiger partial charge in [-0.1, -0.05) is 0 Å². The summed E-state index contributed by atoms with van der Waals surface area (Å²) >= 11 is 0. The lowest BCUT2D eigenvalue weighted by Crippen LogP contribution is -2.26. The van der Waals surface area contributed by atoms with Crippen LogP contribution in [0.15, 0.2) is 41.3 Å². The summed E-state index contributed by atoms with van der Waals surface area (Å²) in [6.07, 6.45) is 0. The average molecular weight is 381 g/mol. The maximum Gasteiger partial charge on any atom is 0.243 e. The highest BCUT2D eigenvalue weighted by molar-refractivity contribution is 7.89. The largest absolute Gasteiger partial charge is 0.497 e. The van der Waals surface area contributed by atoms with Gasteiger partial charge >= 0.3 is 0 Å². The smallest absolute Gasteiger partial charge is 0.243 e. The minimum Gasteiger partial charge on any atom is -0.497 e. The first-order valence-electron chi connectivity index (χ1n) is 7.76. The fourth-order valence-electron chi connectivity index (χ4n) is 2.50. The van der Waals surface area contributed by atoms with Gasteiger partial charge in [-0.25, -0.2) is 8.42 Å². The second-order valence-corrected chi connectivity index (χ2v) is 7.52. The van der Waals surface area contributed by atoms with Crippen LogP contribution < -0.4 is 18.9 Å². The Kier molecular flexibility index (Phi) is 6.33. The molecule has 0 N–H and O–H groups in total. The molecule has 0 fully saturated rings. The summed E-state index contributed by atoms with van der Waals surface area (Å²) in [5, 5.41) is 0. The molecule has 0 unspecified atom stereocenters. The number of methoxy groups -OCH3 is 4. The molecule has 0 saturated heterocycles. The van der Waals surface area contributed by atoms with Crippen molar-refractivity contribution < 1.29 is 27.4 Å². The lowest BCUT2D eigenvalue weighted by Gasteiger charge is -2.19. The molecular formula is C18H23NO6S. The summed E-state index contributed by atoms with van der Waals surface area (Å²) in [4.78, 5) is 0.188. The van der Waals surface area contributed by atoms with Gasteiger partial charge in [-0.15, -0.1) is 0 Å². The predicted octanol–water partition coefficient (Wildman–Crippen LogP) is 2.54. The minimum absolute atomic E-state index is 0.144. The van der Waals surface area contributed by atoms with E-state index in [2.05, 4.69) is 0 Å². The first-order chi connectivity index (χ1) is 12.4. The van der Waals surface area contributed by atoms with Crippen LogP contribution in [0.3, 0.4) is 0 Å². The molecule has 0 atom stereocenters. The van der Waals surface area contributed by atoms with Crippen molar-refractivity contribution in [1.29, 1.82) is 0 Å². The van der Waals surface area contributed by atoms with Gasteiger partial charge in [0.2, 0.25) is 15.8 Å². The first kappa shape index (κ1) is 19.9. The van der Waals surface area contributed by atoms with E-state index < -0.39 is 10.0 Å². The van der Waals surface area contributed by atoms with Crippen molar-refractivity contribution in [2.24, 2.45) is 0 Å². The zero-order valence-electron chi connectivity index (χ0n) is 15.5. The zero-order chi connectivity index (χ0) is 19.3. The van der Waals surface area contributed by atoms with Gasteiger partial charge in [-0.05, 0) is 42.0 Å². The van der Waals surface area contributed by atoms with Gasteiger partial charge in [0.25, 0.3) is 0 Å². The van der Waals surface area contributed by atoms with Crippen LogP contribution in [0.25, 0.3) is 0 Å². The molecule has 0 amide bonds. The van der Waals surface area contributed by atoms with Crippen LogP contribution in [0.2, 0.25) is 0 Å². The van der Waals surface area contributed by atoms with Gasteiger partial charge in [0.1, 0.15) is 5.75 Å². The molecule has 2 aromatic carbocycles. The quantitative estimate of drug-likeness (QED) is 0.700. The third-order valence-electron chi connectivity index (χ3n) is 3.90. The Bertz CT molecular complexity index is 823. The molecule has 2 aromatic rings. The highest BCUT2D eigenvalue weighted by atomic mass is 32.2. The van der Waals surface area contributed by atoms with E-state index in [9.17, 15) is 8.42 Å². The van der Waals surface area contributed by atoms with Gasteiger partial charge in [0.15, 0.2) is 11.5 Å². The summed E-state index contributed by atoms with van der Waals surface area (Å²) in [6, 6.07) is 9.70. The topological polar surface area (TPSA) is 74.3 Å². The summed E-state index contributed by atoms with van der Waals surface area (Å²) < 4.78 is 47.8. The highest BCUT2D eigenvalue weighted by Crippen LogP contribution is 2.38. The Balaban J connectivity index is 2.31. The normalized spacial score (nSPS) is 11.3. The average Bonchev–Trinajstić information content (AvgIpc) is 2.66. The van der Waals surface area contributed by atoms with Crippen LogP contribution in [0.1, 0.15) is 5.56 Å². The van der Waals surface area contributed by atoms with Gasteiger partial charge in [-0.3, -0.25) is 0 Å². The first-order valence-corrected chi connectivity index (χ1v) is 9.20. The number of rotatable bonds is 8. The number of hydrogen-bond acceptors (Lipinski definition) is 6. The monoisotopic (exact) mass is 381 g/mol. The number of benzene rings is 2. The molecule has 0 aliphatic heterocycles. The van der Waals surface area contributed by atoms with Gasteiger partial charge in [0.05, 0.1) is 33.3 Å². The highest BCUT2D eigenvalue weighted by Gasteiger charge is 2.22. The van der Waals surface area contributed by atoms with Crippen LogP contribution in [0, 0.1) is 0 Å². The molecule has 7 nitrogen and oxygen atoms in total. The second kappa shape index (κ2) is 8.29. The molecule has 0 radical (unpaired) electrons. The minimum atomic E-state index is -3.65. The second-order valence-electron chi connectivity index (χ2n) is 5.47. The lowest BCUT2D eigenvalue weighted by molar-refractivity contribution is 0.323. The van der Waals surface area contributed by atoms with Crippen LogP contribution >= 0.6 is 0 Å². The molecule has 8 heteroatoms. The lowest BCUT2D eigenvalue weighted by atomic mass is 10.2. The van der Waals surface area contributed by atoms with Crippen LogP contribution in [0.4, 0.5) is 0 Å². The third kappa shape index (κ3) is 4.03. The Morgan fingerprint density at radius 1 is 0.846 bits per heavy atom. The van der Waals surface area contributed by atoms with Gasteiger partial charge in [-0.2, -0.15) is 4.31 Å². The third-order valence-corrected chi connectivity index (χ3v) is 5.71. The Morgan fingerprint density at radius 2 is 1.38 bits per heavy atom. The molecule has 0 heterocycles. The van der Waals surface area contributed by atoms with E-state index in [4.69, 9.17) is 18.9 Å². The molecule has 0 spiro atoms. The summed E-state index contributed by atoms with van der Waals surface area (Å²) in [7, 11) is 3.93. The fraction of sp³-hybridized carbons (Fsp3) is 0.333. The Labute approximate surface area is 154 Å². The summed E-state index contributed by atoms with van der Waals surface area (Å²) in [5.41, 5.74) is 0.707. The molecule has 0 aliphatic carbocycles. The maximum absolute atomic E-state index is 12.8. The van der Waals surface area contributed by atoms with Crippen LogP contribution in [0.5, 0.6) is 23.0 Å². The summed E-state index contributed by atoms with van der Waals surface area (Å²) in [5.74, 6) is 1.99. The van der Waals surface area contributed by atoms with Crippen molar-refractivity contribution in [2.75, 3.05) is 35.5 Å².